The summed E-state index contributed by atoms with van der Waals surface area (Å²) in [5.74, 6) is 0.679. The third-order valence-corrected chi connectivity index (χ3v) is 4.78. The lowest BCUT2D eigenvalue weighted by Gasteiger charge is -2.29. The standard InChI is InChI=1S/C20H29N3O6/c1-27-16-10-14-7-9-23(12-15(14)11-17(16)28-2)18(24)13-29-19(25)6-4-3-5-8-22-20(21)26/h10-11H,3-9,12-13H2,1-2H3,(H3,21,22,26). The Morgan fingerprint density at radius 1 is 1.07 bits per heavy atom. The van der Waals surface area contributed by atoms with Gasteiger partial charge in [-0.05, 0) is 42.5 Å². The summed E-state index contributed by atoms with van der Waals surface area (Å²) in [5, 5.41) is 2.49. The lowest BCUT2D eigenvalue weighted by atomic mass is 9.99. The van der Waals surface area contributed by atoms with Crippen LogP contribution in [-0.4, -0.2) is 56.7 Å². The van der Waals surface area contributed by atoms with Crippen molar-refractivity contribution in [2.24, 2.45) is 5.73 Å². The fraction of sp³-hybridized carbons (Fsp3) is 0.550. The van der Waals surface area contributed by atoms with Crippen LogP contribution in [0.1, 0.15) is 36.8 Å². The predicted molar refractivity (Wildman–Crippen MR) is 106 cm³/mol. The van der Waals surface area contributed by atoms with Crippen molar-refractivity contribution in [1.82, 2.24) is 10.2 Å². The molecule has 3 amide bonds. The highest BCUT2D eigenvalue weighted by molar-refractivity contribution is 5.81. The Morgan fingerprint density at radius 2 is 1.76 bits per heavy atom. The minimum absolute atomic E-state index is 0.218. The van der Waals surface area contributed by atoms with E-state index in [2.05, 4.69) is 5.32 Å². The monoisotopic (exact) mass is 407 g/mol. The summed E-state index contributed by atoms with van der Waals surface area (Å²) >= 11 is 0. The molecule has 0 atom stereocenters. The molecule has 1 heterocycles. The van der Waals surface area contributed by atoms with Crippen LogP contribution in [0.4, 0.5) is 4.79 Å². The maximum atomic E-state index is 12.4. The second kappa shape index (κ2) is 11.1. The van der Waals surface area contributed by atoms with Crippen LogP contribution in [-0.2, 0) is 27.3 Å². The van der Waals surface area contributed by atoms with Gasteiger partial charge in [0.1, 0.15) is 0 Å². The molecule has 0 unspecified atom stereocenters. The van der Waals surface area contributed by atoms with Crippen LogP contribution in [0.2, 0.25) is 0 Å². The minimum Gasteiger partial charge on any atom is -0.493 e. The van der Waals surface area contributed by atoms with Crippen LogP contribution in [0.25, 0.3) is 0 Å². The number of rotatable bonds is 10. The predicted octanol–water partition coefficient (Wildman–Crippen LogP) is 1.36. The lowest BCUT2D eigenvalue weighted by molar-refractivity contribution is -0.152. The van der Waals surface area contributed by atoms with Gasteiger partial charge < -0.3 is 30.2 Å². The fourth-order valence-corrected chi connectivity index (χ4v) is 3.18. The van der Waals surface area contributed by atoms with Gasteiger partial charge in [-0.25, -0.2) is 4.79 Å². The van der Waals surface area contributed by atoms with Gasteiger partial charge in [0.2, 0.25) is 0 Å². The molecule has 1 aromatic carbocycles. The number of hydrogen-bond acceptors (Lipinski definition) is 6. The van der Waals surface area contributed by atoms with Crippen molar-refractivity contribution in [1.29, 1.82) is 0 Å². The number of nitrogens with zero attached hydrogens (tertiary/aromatic N) is 1. The molecule has 0 fully saturated rings. The molecular weight excluding hydrogens is 378 g/mol. The molecule has 160 valence electrons. The van der Waals surface area contributed by atoms with E-state index in [1.807, 2.05) is 12.1 Å². The first kappa shape index (κ1) is 22.3. The first-order valence-corrected chi connectivity index (χ1v) is 9.65. The zero-order chi connectivity index (χ0) is 21.2. The van der Waals surface area contributed by atoms with E-state index in [-0.39, 0.29) is 18.9 Å². The largest absolute Gasteiger partial charge is 0.493 e. The van der Waals surface area contributed by atoms with Crippen molar-refractivity contribution in [2.45, 2.75) is 38.6 Å². The summed E-state index contributed by atoms with van der Waals surface area (Å²) in [6, 6.07) is 3.27. The van der Waals surface area contributed by atoms with E-state index in [9.17, 15) is 14.4 Å². The van der Waals surface area contributed by atoms with E-state index < -0.39 is 12.0 Å². The second-order valence-corrected chi connectivity index (χ2v) is 6.80. The quantitative estimate of drug-likeness (QED) is 0.446. The summed E-state index contributed by atoms with van der Waals surface area (Å²) in [6.45, 7) is 1.23. The number of carbonyl (C=O) groups is 3. The Morgan fingerprint density at radius 3 is 2.41 bits per heavy atom. The highest BCUT2D eigenvalue weighted by atomic mass is 16.5. The number of unbranched alkanes of at least 4 members (excludes halogenated alkanes) is 2. The van der Waals surface area contributed by atoms with Crippen LogP contribution < -0.4 is 20.5 Å². The summed E-state index contributed by atoms with van der Waals surface area (Å²) in [6.07, 6.45) is 3.07. The number of fused-ring (bicyclic) bond motifs is 1. The number of carbonyl (C=O) groups excluding carboxylic acids is 3. The normalized spacial score (nSPS) is 12.7. The number of urea groups is 1. The number of hydrogen-bond donors (Lipinski definition) is 2. The van der Waals surface area contributed by atoms with Gasteiger partial charge in [0.15, 0.2) is 18.1 Å². The Balaban J connectivity index is 1.73. The molecule has 0 spiro atoms. The van der Waals surface area contributed by atoms with Gasteiger partial charge >= 0.3 is 12.0 Å². The maximum absolute atomic E-state index is 12.4. The second-order valence-electron chi connectivity index (χ2n) is 6.80. The lowest BCUT2D eigenvalue weighted by Crippen LogP contribution is -2.38. The van der Waals surface area contributed by atoms with Crippen LogP contribution in [0.5, 0.6) is 11.5 Å². The Kier molecular flexibility index (Phi) is 8.57. The van der Waals surface area contributed by atoms with Crippen LogP contribution in [0.15, 0.2) is 12.1 Å². The number of amides is 3. The molecule has 29 heavy (non-hydrogen) atoms. The summed E-state index contributed by atoms with van der Waals surface area (Å²) in [5.41, 5.74) is 7.08. The van der Waals surface area contributed by atoms with Gasteiger partial charge in [-0.3, -0.25) is 9.59 Å². The van der Waals surface area contributed by atoms with Gasteiger partial charge in [0.25, 0.3) is 5.91 Å². The van der Waals surface area contributed by atoms with Crippen molar-refractivity contribution in [3.05, 3.63) is 23.3 Å². The van der Waals surface area contributed by atoms with Crippen LogP contribution >= 0.6 is 0 Å². The minimum atomic E-state index is -0.555. The highest BCUT2D eigenvalue weighted by Gasteiger charge is 2.23. The summed E-state index contributed by atoms with van der Waals surface area (Å²) < 4.78 is 15.8. The molecule has 0 saturated heterocycles. The molecule has 2 rings (SSSR count). The molecule has 9 heteroatoms. The van der Waals surface area contributed by atoms with Crippen LogP contribution in [0.3, 0.4) is 0 Å². The van der Waals surface area contributed by atoms with Gasteiger partial charge in [-0.15, -0.1) is 0 Å². The smallest absolute Gasteiger partial charge is 0.312 e. The zero-order valence-electron chi connectivity index (χ0n) is 17.0. The van der Waals surface area contributed by atoms with E-state index in [0.717, 1.165) is 24.0 Å². The molecule has 0 radical (unpaired) electrons. The van der Waals surface area contributed by atoms with Crippen molar-refractivity contribution in [2.75, 3.05) is 33.9 Å². The van der Waals surface area contributed by atoms with Crippen molar-refractivity contribution < 1.29 is 28.6 Å². The van der Waals surface area contributed by atoms with Gasteiger partial charge in [0.05, 0.1) is 14.2 Å². The number of ether oxygens (including phenoxy) is 3. The van der Waals surface area contributed by atoms with Gasteiger partial charge in [0, 0.05) is 26.1 Å². The van der Waals surface area contributed by atoms with E-state index >= 15 is 0 Å². The molecule has 1 aliphatic rings. The molecule has 1 aliphatic heterocycles. The van der Waals surface area contributed by atoms with Crippen LogP contribution in [0, 0.1) is 0 Å². The average molecular weight is 407 g/mol. The topological polar surface area (TPSA) is 120 Å². The molecule has 1 aromatic rings. The SMILES string of the molecule is COc1cc2c(cc1OC)CN(C(=O)COC(=O)CCCCCNC(N)=O)CC2. The number of nitrogens with two attached hydrogens (primary N) is 1. The average Bonchev–Trinajstić information content (AvgIpc) is 2.72. The third kappa shape index (κ3) is 6.85. The molecule has 0 saturated carbocycles. The molecule has 0 aromatic heterocycles. The Labute approximate surface area is 170 Å². The fourth-order valence-electron chi connectivity index (χ4n) is 3.18. The summed E-state index contributed by atoms with van der Waals surface area (Å²) in [7, 11) is 3.17. The highest BCUT2D eigenvalue weighted by Crippen LogP contribution is 2.33. The van der Waals surface area contributed by atoms with E-state index in [1.54, 1.807) is 19.1 Å². The van der Waals surface area contributed by atoms with Gasteiger partial charge in [-0.2, -0.15) is 0 Å². The Bertz CT molecular complexity index is 737. The first-order valence-electron chi connectivity index (χ1n) is 9.65. The van der Waals surface area contributed by atoms with E-state index in [0.29, 0.717) is 44.0 Å². The van der Waals surface area contributed by atoms with Gasteiger partial charge in [-0.1, -0.05) is 6.42 Å². The number of methoxy groups -OCH3 is 2. The third-order valence-electron chi connectivity index (χ3n) is 4.78. The molecule has 0 bridgehead atoms. The van der Waals surface area contributed by atoms with Crippen molar-refractivity contribution in [3.63, 3.8) is 0 Å². The number of benzene rings is 1. The summed E-state index contributed by atoms with van der Waals surface area (Å²) in [4.78, 5) is 36.4. The number of nitrogens with one attached hydrogen (secondary N) is 1. The van der Waals surface area contributed by atoms with E-state index in [1.165, 1.54) is 0 Å². The first-order chi connectivity index (χ1) is 13.9. The molecule has 3 N–H and O–H groups in total. The maximum Gasteiger partial charge on any atom is 0.312 e. The van der Waals surface area contributed by atoms with Crippen molar-refractivity contribution in [3.8, 4) is 11.5 Å². The van der Waals surface area contributed by atoms with E-state index in [4.69, 9.17) is 19.9 Å². The molecule has 9 nitrogen and oxygen atoms in total. The van der Waals surface area contributed by atoms with Crippen molar-refractivity contribution >= 4 is 17.9 Å². The zero-order valence-corrected chi connectivity index (χ0v) is 17.0. The molecule has 0 aliphatic carbocycles. The number of esters is 1. The Hall–Kier alpha value is -2.97. The molecular formula is C20H29N3O6. The number of primary amides is 1.